The predicted octanol–water partition coefficient (Wildman–Crippen LogP) is 3.91. The second kappa shape index (κ2) is 8.12. The van der Waals surface area contributed by atoms with Crippen LogP contribution in [0.15, 0.2) is 29.3 Å². The molecular weight excluding hydrogens is 303 g/mol. The zero-order valence-corrected chi connectivity index (χ0v) is 12.7. The van der Waals surface area contributed by atoms with Crippen molar-refractivity contribution in [3.8, 4) is 0 Å². The Balaban J connectivity index is 2.66. The van der Waals surface area contributed by atoms with Gasteiger partial charge in [-0.2, -0.15) is 13.2 Å². The third kappa shape index (κ3) is 7.22. The van der Waals surface area contributed by atoms with Crippen LogP contribution in [0.3, 0.4) is 0 Å². The molecule has 0 aliphatic rings. The summed E-state index contributed by atoms with van der Waals surface area (Å²) in [5.74, 6) is 0.356. The van der Waals surface area contributed by atoms with Crippen LogP contribution in [0, 0.1) is 0 Å². The number of aliphatic imine (C=N–C) groups is 1. The number of halogens is 4. The Morgan fingerprint density at radius 2 is 2.10 bits per heavy atom. The van der Waals surface area contributed by atoms with Crippen LogP contribution in [-0.4, -0.2) is 25.2 Å². The molecule has 0 radical (unpaired) electrons. The van der Waals surface area contributed by atoms with Crippen LogP contribution in [0.1, 0.15) is 31.9 Å². The van der Waals surface area contributed by atoms with Gasteiger partial charge in [0.2, 0.25) is 0 Å². The second-order valence-electron chi connectivity index (χ2n) is 4.55. The molecule has 0 fully saturated rings. The van der Waals surface area contributed by atoms with E-state index >= 15 is 0 Å². The summed E-state index contributed by atoms with van der Waals surface area (Å²) in [4.78, 5) is 3.93. The number of nitrogens with one attached hydrogen (secondary N) is 2. The summed E-state index contributed by atoms with van der Waals surface area (Å²) in [5, 5.41) is 6.59. The van der Waals surface area contributed by atoms with Gasteiger partial charge in [-0.25, -0.2) is 0 Å². The third-order valence-electron chi connectivity index (χ3n) is 2.71. The van der Waals surface area contributed by atoms with Gasteiger partial charge in [-0.3, -0.25) is 4.99 Å². The van der Waals surface area contributed by atoms with Crippen LogP contribution in [-0.2, 0) is 0 Å². The van der Waals surface area contributed by atoms with Gasteiger partial charge >= 0.3 is 6.18 Å². The zero-order valence-electron chi connectivity index (χ0n) is 12.0. The first-order valence-electron chi connectivity index (χ1n) is 6.69. The number of hydrogen-bond acceptors (Lipinski definition) is 1. The van der Waals surface area contributed by atoms with Gasteiger partial charge in [0.15, 0.2) is 5.96 Å². The monoisotopic (exact) mass is 321 g/mol. The highest BCUT2D eigenvalue weighted by Gasteiger charge is 2.26. The summed E-state index contributed by atoms with van der Waals surface area (Å²) in [6.07, 6.45) is -5.13. The van der Waals surface area contributed by atoms with Crippen LogP contribution >= 0.6 is 11.6 Å². The first-order chi connectivity index (χ1) is 9.81. The molecule has 0 aromatic heterocycles. The Kier molecular flexibility index (Phi) is 6.81. The van der Waals surface area contributed by atoms with Crippen molar-refractivity contribution >= 4 is 17.6 Å². The van der Waals surface area contributed by atoms with Crippen molar-refractivity contribution < 1.29 is 13.2 Å². The van der Waals surface area contributed by atoms with Crippen LogP contribution in [0.5, 0.6) is 0 Å². The van der Waals surface area contributed by atoms with Crippen LogP contribution in [0.25, 0.3) is 0 Å². The molecule has 118 valence electrons. The molecule has 0 saturated heterocycles. The number of guanidine groups is 1. The topological polar surface area (TPSA) is 36.4 Å². The fraction of sp³-hybridized carbons (Fsp3) is 0.500. The van der Waals surface area contributed by atoms with Gasteiger partial charge < -0.3 is 10.6 Å². The second-order valence-corrected chi connectivity index (χ2v) is 4.98. The largest absolute Gasteiger partial charge is 0.390 e. The number of benzene rings is 1. The summed E-state index contributed by atoms with van der Waals surface area (Å²) in [7, 11) is 0. The molecule has 0 spiro atoms. The molecule has 7 heteroatoms. The van der Waals surface area contributed by atoms with Crippen molar-refractivity contribution in [3.05, 3.63) is 34.9 Å². The maximum atomic E-state index is 12.1. The molecule has 0 heterocycles. The van der Waals surface area contributed by atoms with E-state index in [0.29, 0.717) is 17.5 Å². The molecular formula is C14H19ClF3N3. The van der Waals surface area contributed by atoms with E-state index in [1.807, 2.05) is 26.0 Å². The van der Waals surface area contributed by atoms with Crippen molar-refractivity contribution in [3.63, 3.8) is 0 Å². The van der Waals surface area contributed by atoms with Gasteiger partial charge in [-0.05, 0) is 31.5 Å². The highest BCUT2D eigenvalue weighted by atomic mass is 35.5. The van der Waals surface area contributed by atoms with Crippen LogP contribution in [0.2, 0.25) is 5.02 Å². The van der Waals surface area contributed by atoms with E-state index < -0.39 is 12.6 Å². The van der Waals surface area contributed by atoms with E-state index in [9.17, 15) is 13.2 Å². The van der Waals surface area contributed by atoms with Gasteiger partial charge in [0.05, 0.1) is 19.0 Å². The highest BCUT2D eigenvalue weighted by molar-refractivity contribution is 6.30. The Bertz CT molecular complexity index is 475. The van der Waals surface area contributed by atoms with Crippen molar-refractivity contribution in [1.82, 2.24) is 10.6 Å². The molecule has 0 aliphatic carbocycles. The van der Waals surface area contributed by atoms with E-state index in [1.54, 1.807) is 12.1 Å². The molecule has 1 rings (SSSR count). The quantitative estimate of drug-likeness (QED) is 0.637. The third-order valence-corrected chi connectivity index (χ3v) is 2.95. The number of nitrogens with zero attached hydrogens (tertiary/aromatic N) is 1. The zero-order chi connectivity index (χ0) is 15.9. The smallest absolute Gasteiger partial charge is 0.357 e. The number of alkyl halides is 3. The van der Waals surface area contributed by atoms with E-state index in [0.717, 1.165) is 5.56 Å². The van der Waals surface area contributed by atoms with E-state index in [-0.39, 0.29) is 12.6 Å². The van der Waals surface area contributed by atoms with Gasteiger partial charge in [-0.1, -0.05) is 23.7 Å². The van der Waals surface area contributed by atoms with Gasteiger partial charge in [0.25, 0.3) is 0 Å². The van der Waals surface area contributed by atoms with E-state index in [1.165, 1.54) is 0 Å². The highest BCUT2D eigenvalue weighted by Crippen LogP contribution is 2.19. The minimum absolute atomic E-state index is 0.118. The Morgan fingerprint density at radius 1 is 1.38 bits per heavy atom. The molecule has 1 aromatic carbocycles. The summed E-state index contributed by atoms with van der Waals surface area (Å²) < 4.78 is 36.4. The fourth-order valence-electron chi connectivity index (χ4n) is 1.68. The van der Waals surface area contributed by atoms with Crippen molar-refractivity contribution in [2.75, 3.05) is 13.1 Å². The molecule has 2 N–H and O–H groups in total. The molecule has 3 nitrogen and oxygen atoms in total. The summed E-state index contributed by atoms with van der Waals surface area (Å²) in [6.45, 7) is 4.01. The number of hydrogen-bond donors (Lipinski definition) is 2. The lowest BCUT2D eigenvalue weighted by atomic mass is 10.1. The van der Waals surface area contributed by atoms with Crippen molar-refractivity contribution in [1.29, 1.82) is 0 Å². The SMILES string of the molecule is CCNC(=NCCC(F)(F)F)NC(C)c1cccc(Cl)c1. The predicted molar refractivity (Wildman–Crippen MR) is 79.7 cm³/mol. The normalized spacial score (nSPS) is 13.9. The first kappa shape index (κ1) is 17.6. The molecule has 0 bridgehead atoms. The lowest BCUT2D eigenvalue weighted by Gasteiger charge is -2.18. The van der Waals surface area contributed by atoms with Crippen LogP contribution < -0.4 is 10.6 Å². The Labute approximate surface area is 127 Å². The number of rotatable bonds is 5. The van der Waals surface area contributed by atoms with Gasteiger partial charge in [0.1, 0.15) is 0 Å². The molecule has 1 aromatic rings. The first-order valence-corrected chi connectivity index (χ1v) is 7.06. The summed E-state index contributed by atoms with van der Waals surface area (Å²) in [6, 6.07) is 7.16. The Hall–Kier alpha value is -1.43. The molecule has 0 amide bonds. The molecule has 1 unspecified atom stereocenters. The average Bonchev–Trinajstić information content (AvgIpc) is 2.37. The summed E-state index contributed by atoms with van der Waals surface area (Å²) >= 11 is 5.92. The van der Waals surface area contributed by atoms with E-state index in [4.69, 9.17) is 11.6 Å². The average molecular weight is 322 g/mol. The lowest BCUT2D eigenvalue weighted by molar-refractivity contribution is -0.132. The molecule has 0 saturated carbocycles. The maximum Gasteiger partial charge on any atom is 0.390 e. The van der Waals surface area contributed by atoms with Crippen molar-refractivity contribution in [2.24, 2.45) is 4.99 Å². The van der Waals surface area contributed by atoms with E-state index in [2.05, 4.69) is 15.6 Å². The maximum absolute atomic E-state index is 12.1. The lowest BCUT2D eigenvalue weighted by Crippen LogP contribution is -2.39. The van der Waals surface area contributed by atoms with Crippen LogP contribution in [0.4, 0.5) is 13.2 Å². The Morgan fingerprint density at radius 3 is 2.67 bits per heavy atom. The molecule has 1 atom stereocenters. The summed E-state index contributed by atoms with van der Waals surface area (Å²) in [5.41, 5.74) is 0.934. The fourth-order valence-corrected chi connectivity index (χ4v) is 1.88. The minimum Gasteiger partial charge on any atom is -0.357 e. The van der Waals surface area contributed by atoms with Gasteiger partial charge in [0, 0.05) is 11.6 Å². The molecule has 21 heavy (non-hydrogen) atoms. The molecule has 0 aliphatic heterocycles. The standard InChI is InChI=1S/C14H19ClF3N3/c1-3-19-13(20-8-7-14(16,17)18)21-10(2)11-5-4-6-12(15)9-11/h4-6,9-10H,3,7-8H2,1-2H3,(H2,19,20,21). The van der Waals surface area contributed by atoms with Crippen molar-refractivity contribution in [2.45, 2.75) is 32.5 Å². The van der Waals surface area contributed by atoms with Gasteiger partial charge in [-0.15, -0.1) is 0 Å². The minimum atomic E-state index is -4.20.